The van der Waals surface area contributed by atoms with Crippen LogP contribution in [0.5, 0.6) is 0 Å². The van der Waals surface area contributed by atoms with Gasteiger partial charge in [0.05, 0.1) is 27.3 Å². The summed E-state index contributed by atoms with van der Waals surface area (Å²) in [5.74, 6) is -1.29. The summed E-state index contributed by atoms with van der Waals surface area (Å²) in [5.41, 5.74) is 2.60. The van der Waals surface area contributed by atoms with Crippen LogP contribution in [0.2, 0.25) is 0 Å². The van der Waals surface area contributed by atoms with Crippen molar-refractivity contribution in [3.63, 3.8) is 0 Å². The molecule has 0 fully saturated rings. The molecule has 2 aromatic carbocycles. The van der Waals surface area contributed by atoms with Gasteiger partial charge < -0.3 is 19.3 Å². The minimum absolute atomic E-state index is 0.0727. The number of methoxy groups -OCH3 is 2. The highest BCUT2D eigenvalue weighted by Crippen LogP contribution is 2.34. The Balaban J connectivity index is 1.54. The number of carbonyl (C=O) groups is 4. The Bertz CT molecular complexity index is 1030. The third kappa shape index (κ3) is 4.37. The highest BCUT2D eigenvalue weighted by atomic mass is 16.5. The second kappa shape index (κ2) is 10.0. The van der Waals surface area contributed by atoms with E-state index in [0.717, 1.165) is 11.1 Å². The molecule has 0 aromatic heterocycles. The summed E-state index contributed by atoms with van der Waals surface area (Å²) in [6, 6.07) is 14.4. The predicted molar refractivity (Wildman–Crippen MR) is 120 cm³/mol. The van der Waals surface area contributed by atoms with Gasteiger partial charge in [-0.15, -0.1) is 0 Å². The average molecular weight is 466 g/mol. The van der Waals surface area contributed by atoms with Crippen molar-refractivity contribution in [1.82, 2.24) is 20.4 Å². The van der Waals surface area contributed by atoms with Gasteiger partial charge in [-0.05, 0) is 12.1 Å². The number of nitrogens with one attached hydrogen (secondary N) is 2. The van der Waals surface area contributed by atoms with Crippen LogP contribution < -0.4 is 10.6 Å². The molecule has 0 unspecified atom stereocenters. The Kier molecular flexibility index (Phi) is 6.90. The van der Waals surface area contributed by atoms with Crippen LogP contribution in [0.15, 0.2) is 48.5 Å². The summed E-state index contributed by atoms with van der Waals surface area (Å²) in [6.45, 7) is 0.276. The Labute approximate surface area is 196 Å². The Morgan fingerprint density at radius 3 is 1.50 bits per heavy atom. The van der Waals surface area contributed by atoms with E-state index in [0.29, 0.717) is 11.1 Å². The van der Waals surface area contributed by atoms with E-state index in [9.17, 15) is 19.2 Å². The summed E-state index contributed by atoms with van der Waals surface area (Å²) in [4.78, 5) is 52.9. The summed E-state index contributed by atoms with van der Waals surface area (Å²) in [7, 11) is 2.60. The van der Waals surface area contributed by atoms with Gasteiger partial charge in [-0.25, -0.2) is 0 Å². The zero-order valence-electron chi connectivity index (χ0n) is 18.9. The standard InChI is InChI=1S/C24H26N4O6/c1-33-19(29)13-25-21-15-7-3-5-9-17(15)23(31)27(21)11-12-28-22(26-14-20(30)34-2)16-8-4-6-10-18(16)24(28)32/h3-10,21-22,25-26H,11-14H2,1-2H3/t21-,22-/m0/s1. The fourth-order valence-electron chi connectivity index (χ4n) is 4.36. The molecule has 2 atom stereocenters. The van der Waals surface area contributed by atoms with Crippen molar-refractivity contribution in [2.45, 2.75) is 12.3 Å². The fourth-order valence-corrected chi connectivity index (χ4v) is 4.36. The maximum absolute atomic E-state index is 13.2. The number of esters is 2. The normalized spacial score (nSPS) is 18.6. The molecule has 4 rings (SSSR count). The van der Waals surface area contributed by atoms with Gasteiger partial charge in [0.1, 0.15) is 12.3 Å². The van der Waals surface area contributed by atoms with Gasteiger partial charge in [-0.1, -0.05) is 36.4 Å². The van der Waals surface area contributed by atoms with E-state index in [1.807, 2.05) is 24.3 Å². The van der Waals surface area contributed by atoms with Crippen molar-refractivity contribution in [2.24, 2.45) is 0 Å². The van der Waals surface area contributed by atoms with E-state index in [1.165, 1.54) is 14.2 Å². The van der Waals surface area contributed by atoms with Crippen molar-refractivity contribution in [3.8, 4) is 0 Å². The number of ether oxygens (including phenoxy) is 2. The average Bonchev–Trinajstić information content (AvgIpc) is 3.29. The second-order valence-corrected chi connectivity index (χ2v) is 7.89. The number of hydrogen-bond acceptors (Lipinski definition) is 8. The summed E-state index contributed by atoms with van der Waals surface area (Å²) >= 11 is 0. The van der Waals surface area contributed by atoms with Crippen LogP contribution in [0.1, 0.15) is 44.2 Å². The molecule has 34 heavy (non-hydrogen) atoms. The molecule has 0 bridgehead atoms. The lowest BCUT2D eigenvalue weighted by atomic mass is 10.1. The van der Waals surface area contributed by atoms with Crippen LogP contribution in [-0.4, -0.2) is 74.0 Å². The molecule has 0 spiro atoms. The zero-order valence-corrected chi connectivity index (χ0v) is 18.9. The second-order valence-electron chi connectivity index (χ2n) is 7.89. The van der Waals surface area contributed by atoms with Gasteiger partial charge in [0.15, 0.2) is 0 Å². The summed E-state index contributed by atoms with van der Waals surface area (Å²) in [5, 5.41) is 6.16. The monoisotopic (exact) mass is 466 g/mol. The van der Waals surface area contributed by atoms with Crippen LogP contribution in [0, 0.1) is 0 Å². The van der Waals surface area contributed by atoms with Gasteiger partial charge in [-0.3, -0.25) is 29.8 Å². The van der Waals surface area contributed by atoms with E-state index in [4.69, 9.17) is 9.47 Å². The molecular formula is C24H26N4O6. The van der Waals surface area contributed by atoms with Gasteiger partial charge in [0, 0.05) is 35.3 Å². The number of nitrogens with zero attached hydrogens (tertiary/aromatic N) is 2. The minimum Gasteiger partial charge on any atom is -0.468 e. The molecular weight excluding hydrogens is 440 g/mol. The number of rotatable bonds is 9. The molecule has 178 valence electrons. The summed E-state index contributed by atoms with van der Waals surface area (Å²) in [6.07, 6.45) is -1.08. The first-order valence-corrected chi connectivity index (χ1v) is 10.9. The van der Waals surface area contributed by atoms with E-state index >= 15 is 0 Å². The van der Waals surface area contributed by atoms with Crippen LogP contribution in [0.25, 0.3) is 0 Å². The molecule has 2 aliphatic rings. The number of amides is 2. The van der Waals surface area contributed by atoms with Crippen LogP contribution >= 0.6 is 0 Å². The van der Waals surface area contributed by atoms with Crippen molar-refractivity contribution in [3.05, 3.63) is 70.8 Å². The maximum Gasteiger partial charge on any atom is 0.319 e. The first-order valence-electron chi connectivity index (χ1n) is 10.9. The first-order chi connectivity index (χ1) is 16.5. The SMILES string of the molecule is COC(=O)CN[C@@H]1c2ccccc2C(=O)N1CCN1C(=O)c2ccccc2[C@H]1NCC(=O)OC. The topological polar surface area (TPSA) is 117 Å². The zero-order chi connectivity index (χ0) is 24.2. The lowest BCUT2D eigenvalue weighted by molar-refractivity contribution is -0.140. The van der Waals surface area contributed by atoms with Crippen LogP contribution in [0.4, 0.5) is 0 Å². The third-order valence-electron chi connectivity index (χ3n) is 6.03. The highest BCUT2D eigenvalue weighted by molar-refractivity contribution is 6.00. The van der Waals surface area contributed by atoms with Crippen molar-refractivity contribution >= 4 is 23.8 Å². The van der Waals surface area contributed by atoms with E-state index in [-0.39, 0.29) is 38.0 Å². The quantitative estimate of drug-likeness (QED) is 0.522. The Hall–Kier alpha value is -3.76. The lowest BCUT2D eigenvalue weighted by Crippen LogP contribution is -2.46. The fraction of sp³-hybridized carbons (Fsp3) is 0.333. The number of benzene rings is 2. The van der Waals surface area contributed by atoms with Gasteiger partial charge in [0.2, 0.25) is 0 Å². The lowest BCUT2D eigenvalue weighted by Gasteiger charge is -2.31. The maximum atomic E-state index is 13.2. The molecule has 0 saturated heterocycles. The molecule has 2 N–H and O–H groups in total. The number of hydrogen-bond donors (Lipinski definition) is 2. The van der Waals surface area contributed by atoms with E-state index in [2.05, 4.69) is 10.6 Å². The first kappa shape index (κ1) is 23.4. The Morgan fingerprint density at radius 2 is 1.12 bits per heavy atom. The molecule has 0 aliphatic carbocycles. The van der Waals surface area contributed by atoms with E-state index < -0.39 is 24.3 Å². The van der Waals surface area contributed by atoms with Crippen molar-refractivity contribution in [2.75, 3.05) is 40.4 Å². The Morgan fingerprint density at radius 1 is 0.735 bits per heavy atom. The number of carbonyl (C=O) groups excluding carboxylic acids is 4. The van der Waals surface area contributed by atoms with Gasteiger partial charge >= 0.3 is 11.9 Å². The molecule has 2 amide bonds. The molecule has 2 heterocycles. The molecule has 10 nitrogen and oxygen atoms in total. The minimum atomic E-state index is -0.538. The smallest absolute Gasteiger partial charge is 0.319 e. The third-order valence-corrected chi connectivity index (χ3v) is 6.03. The molecule has 2 aromatic rings. The molecule has 0 radical (unpaired) electrons. The van der Waals surface area contributed by atoms with Crippen LogP contribution in [-0.2, 0) is 19.1 Å². The predicted octanol–water partition coefficient (Wildman–Crippen LogP) is 0.821. The molecule has 0 saturated carbocycles. The van der Waals surface area contributed by atoms with Crippen LogP contribution in [0.3, 0.4) is 0 Å². The van der Waals surface area contributed by atoms with Gasteiger partial charge in [0.25, 0.3) is 11.8 Å². The number of fused-ring (bicyclic) bond motifs is 2. The summed E-state index contributed by atoms with van der Waals surface area (Å²) < 4.78 is 9.43. The van der Waals surface area contributed by atoms with Gasteiger partial charge in [-0.2, -0.15) is 0 Å². The molecule has 10 heteroatoms. The highest BCUT2D eigenvalue weighted by Gasteiger charge is 2.40. The van der Waals surface area contributed by atoms with Crippen molar-refractivity contribution < 1.29 is 28.7 Å². The molecule has 2 aliphatic heterocycles. The largest absolute Gasteiger partial charge is 0.468 e. The van der Waals surface area contributed by atoms with Crippen molar-refractivity contribution in [1.29, 1.82) is 0 Å². The van der Waals surface area contributed by atoms with E-state index in [1.54, 1.807) is 34.1 Å².